The molecule has 5 nitrogen and oxygen atoms in total. The predicted molar refractivity (Wildman–Crippen MR) is 69.7 cm³/mol. The SMILES string of the molecule is CCc1nn(C)c2c1[nH]c(=S)n2CC(C)OC. The van der Waals surface area contributed by atoms with Gasteiger partial charge in [-0.3, -0.25) is 9.25 Å². The van der Waals surface area contributed by atoms with Gasteiger partial charge in [-0.25, -0.2) is 0 Å². The van der Waals surface area contributed by atoms with Crippen LogP contribution in [0.2, 0.25) is 0 Å². The Balaban J connectivity index is 2.58. The Kier molecular flexibility index (Phi) is 3.35. The van der Waals surface area contributed by atoms with Crippen molar-refractivity contribution < 1.29 is 4.74 Å². The molecule has 2 aromatic heterocycles. The summed E-state index contributed by atoms with van der Waals surface area (Å²) in [6.45, 7) is 4.85. The first-order valence-electron chi connectivity index (χ1n) is 5.75. The number of nitrogens with zero attached hydrogens (tertiary/aromatic N) is 3. The second-order valence-corrected chi connectivity index (χ2v) is 4.60. The fourth-order valence-corrected chi connectivity index (χ4v) is 2.29. The molecule has 0 aliphatic carbocycles. The second-order valence-electron chi connectivity index (χ2n) is 4.21. The summed E-state index contributed by atoms with van der Waals surface area (Å²) >= 11 is 5.35. The van der Waals surface area contributed by atoms with E-state index in [1.165, 1.54) is 0 Å². The summed E-state index contributed by atoms with van der Waals surface area (Å²) in [7, 11) is 3.65. The fraction of sp³-hybridized carbons (Fsp3) is 0.636. The van der Waals surface area contributed by atoms with Gasteiger partial charge in [0, 0.05) is 14.2 Å². The highest BCUT2D eigenvalue weighted by Crippen LogP contribution is 2.18. The van der Waals surface area contributed by atoms with E-state index >= 15 is 0 Å². The molecule has 0 aromatic carbocycles. The minimum atomic E-state index is 0.126. The highest BCUT2D eigenvalue weighted by Gasteiger charge is 2.15. The number of aromatic nitrogens is 4. The smallest absolute Gasteiger partial charge is 0.179 e. The van der Waals surface area contributed by atoms with Crippen LogP contribution in [0, 0.1) is 4.77 Å². The van der Waals surface area contributed by atoms with E-state index in [0.717, 1.165) is 34.6 Å². The van der Waals surface area contributed by atoms with E-state index in [-0.39, 0.29) is 6.10 Å². The quantitative estimate of drug-likeness (QED) is 0.849. The van der Waals surface area contributed by atoms with Gasteiger partial charge in [0.25, 0.3) is 0 Å². The van der Waals surface area contributed by atoms with Crippen molar-refractivity contribution in [2.24, 2.45) is 7.05 Å². The summed E-state index contributed by atoms with van der Waals surface area (Å²) in [5.74, 6) is 0. The lowest BCUT2D eigenvalue weighted by Crippen LogP contribution is -2.15. The van der Waals surface area contributed by atoms with Crippen molar-refractivity contribution in [3.63, 3.8) is 0 Å². The number of hydrogen-bond donors (Lipinski definition) is 1. The first kappa shape index (κ1) is 12.3. The molecule has 1 N–H and O–H groups in total. The average molecular weight is 254 g/mol. The summed E-state index contributed by atoms with van der Waals surface area (Å²) in [5, 5.41) is 4.48. The van der Waals surface area contributed by atoms with Crippen molar-refractivity contribution >= 4 is 23.4 Å². The van der Waals surface area contributed by atoms with Crippen LogP contribution in [0.5, 0.6) is 0 Å². The van der Waals surface area contributed by atoms with E-state index in [1.807, 2.05) is 23.2 Å². The number of fused-ring (bicyclic) bond motifs is 1. The molecule has 0 radical (unpaired) electrons. The van der Waals surface area contributed by atoms with Crippen molar-refractivity contribution in [1.29, 1.82) is 0 Å². The van der Waals surface area contributed by atoms with Gasteiger partial charge in [-0.1, -0.05) is 6.92 Å². The Hall–Kier alpha value is -1.14. The zero-order valence-corrected chi connectivity index (χ0v) is 11.5. The maximum absolute atomic E-state index is 5.35. The summed E-state index contributed by atoms with van der Waals surface area (Å²) < 4.78 is 9.94. The van der Waals surface area contributed by atoms with Crippen LogP contribution in [0.15, 0.2) is 0 Å². The zero-order valence-electron chi connectivity index (χ0n) is 10.6. The minimum Gasteiger partial charge on any atom is -0.380 e. The molecule has 0 aliphatic rings. The number of nitrogens with one attached hydrogen (secondary N) is 1. The molecular weight excluding hydrogens is 236 g/mol. The van der Waals surface area contributed by atoms with Crippen molar-refractivity contribution in [2.45, 2.75) is 32.9 Å². The molecule has 0 bridgehead atoms. The highest BCUT2D eigenvalue weighted by atomic mass is 32.1. The monoisotopic (exact) mass is 254 g/mol. The van der Waals surface area contributed by atoms with Crippen LogP contribution in [0.25, 0.3) is 11.2 Å². The number of imidazole rings is 1. The van der Waals surface area contributed by atoms with Crippen molar-refractivity contribution in [2.75, 3.05) is 7.11 Å². The van der Waals surface area contributed by atoms with E-state index in [9.17, 15) is 0 Å². The van der Waals surface area contributed by atoms with Crippen molar-refractivity contribution in [1.82, 2.24) is 19.3 Å². The lowest BCUT2D eigenvalue weighted by molar-refractivity contribution is 0.103. The number of methoxy groups -OCH3 is 1. The van der Waals surface area contributed by atoms with Crippen LogP contribution in [0.4, 0.5) is 0 Å². The molecule has 0 spiro atoms. The van der Waals surface area contributed by atoms with E-state index in [4.69, 9.17) is 17.0 Å². The third-order valence-electron chi connectivity index (χ3n) is 3.00. The lowest BCUT2D eigenvalue weighted by Gasteiger charge is -2.10. The number of rotatable bonds is 4. The van der Waals surface area contributed by atoms with Crippen molar-refractivity contribution in [3.05, 3.63) is 10.5 Å². The highest BCUT2D eigenvalue weighted by molar-refractivity contribution is 7.71. The van der Waals surface area contributed by atoms with E-state index < -0.39 is 0 Å². The number of aryl methyl sites for hydroxylation is 2. The maximum Gasteiger partial charge on any atom is 0.179 e. The molecule has 2 heterocycles. The molecule has 0 aliphatic heterocycles. The predicted octanol–water partition coefficient (Wildman–Crippen LogP) is 2.03. The molecule has 1 unspecified atom stereocenters. The second kappa shape index (κ2) is 4.62. The Morgan fingerprint density at radius 3 is 2.82 bits per heavy atom. The average Bonchev–Trinajstić information content (AvgIpc) is 2.78. The zero-order chi connectivity index (χ0) is 12.6. The molecule has 94 valence electrons. The van der Waals surface area contributed by atoms with Crippen LogP contribution in [0.1, 0.15) is 19.5 Å². The molecule has 2 rings (SSSR count). The molecule has 2 aromatic rings. The molecular formula is C11H18N4OS. The standard InChI is InChI=1S/C11H18N4OS/c1-5-8-9-10(14(3)13-8)15(11(17)12-9)6-7(2)16-4/h7H,5-6H2,1-4H3,(H,12,17). The number of hydrogen-bond acceptors (Lipinski definition) is 3. The van der Waals surface area contributed by atoms with Gasteiger partial charge in [0.05, 0.1) is 18.3 Å². The third-order valence-corrected chi connectivity index (χ3v) is 3.32. The number of ether oxygens (including phenoxy) is 1. The first-order valence-corrected chi connectivity index (χ1v) is 6.16. The molecule has 6 heteroatoms. The van der Waals surface area contributed by atoms with Gasteiger partial charge in [-0.2, -0.15) is 5.10 Å². The van der Waals surface area contributed by atoms with Crippen LogP contribution in [0.3, 0.4) is 0 Å². The largest absolute Gasteiger partial charge is 0.380 e. The van der Waals surface area contributed by atoms with Crippen LogP contribution >= 0.6 is 12.2 Å². The molecule has 17 heavy (non-hydrogen) atoms. The molecule has 0 amide bonds. The minimum absolute atomic E-state index is 0.126. The van der Waals surface area contributed by atoms with Gasteiger partial charge in [0.1, 0.15) is 5.52 Å². The first-order chi connectivity index (χ1) is 8.08. The normalized spacial score (nSPS) is 13.4. The van der Waals surface area contributed by atoms with E-state index in [2.05, 4.69) is 17.0 Å². The summed E-state index contributed by atoms with van der Waals surface area (Å²) in [5.41, 5.74) is 3.14. The van der Waals surface area contributed by atoms with Crippen LogP contribution in [-0.2, 0) is 24.8 Å². The van der Waals surface area contributed by atoms with Crippen LogP contribution < -0.4 is 0 Å². The molecule has 1 atom stereocenters. The Bertz CT molecular complexity index is 580. The number of aromatic amines is 1. The third kappa shape index (κ3) is 2.02. The lowest BCUT2D eigenvalue weighted by atomic mass is 10.3. The van der Waals surface area contributed by atoms with Gasteiger partial charge >= 0.3 is 0 Å². The van der Waals surface area contributed by atoms with E-state index in [1.54, 1.807) is 7.11 Å². The molecule has 0 saturated carbocycles. The van der Waals surface area contributed by atoms with Crippen molar-refractivity contribution in [3.8, 4) is 0 Å². The van der Waals surface area contributed by atoms with Gasteiger partial charge in [0.2, 0.25) is 0 Å². The molecule has 0 fully saturated rings. The van der Waals surface area contributed by atoms with Crippen LogP contribution in [-0.4, -0.2) is 32.5 Å². The topological polar surface area (TPSA) is 47.8 Å². The maximum atomic E-state index is 5.35. The van der Waals surface area contributed by atoms with Gasteiger partial charge in [0.15, 0.2) is 10.4 Å². The Morgan fingerprint density at radius 1 is 1.53 bits per heavy atom. The Morgan fingerprint density at radius 2 is 2.24 bits per heavy atom. The Labute approximate surface area is 105 Å². The fourth-order valence-electron chi connectivity index (χ4n) is 2.03. The van der Waals surface area contributed by atoms with Gasteiger partial charge in [-0.05, 0) is 25.6 Å². The summed E-state index contributed by atoms with van der Waals surface area (Å²) in [6.07, 6.45) is 1.02. The van der Waals surface area contributed by atoms with Gasteiger partial charge < -0.3 is 9.72 Å². The van der Waals surface area contributed by atoms with Gasteiger partial charge in [-0.15, -0.1) is 0 Å². The summed E-state index contributed by atoms with van der Waals surface area (Å²) in [4.78, 5) is 3.24. The van der Waals surface area contributed by atoms with E-state index in [0.29, 0.717) is 0 Å². The summed E-state index contributed by atoms with van der Waals surface area (Å²) in [6, 6.07) is 0. The number of H-pyrrole nitrogens is 1. The molecule has 0 saturated heterocycles.